The molecule has 1 fully saturated rings. The van der Waals surface area contributed by atoms with Gasteiger partial charge in [-0.25, -0.2) is 9.78 Å². The first-order valence-corrected chi connectivity index (χ1v) is 10.8. The van der Waals surface area contributed by atoms with Crippen molar-refractivity contribution in [1.82, 2.24) is 15.3 Å². The molecule has 3 N–H and O–H groups in total. The topological polar surface area (TPSA) is 88.2 Å². The third-order valence-corrected chi connectivity index (χ3v) is 4.88. The van der Waals surface area contributed by atoms with E-state index in [0.717, 1.165) is 42.4 Å². The largest absolute Gasteiger partial charge is 0.444 e. The number of para-hydroxylation sites is 1. The van der Waals surface area contributed by atoms with Gasteiger partial charge in [-0.3, -0.25) is 0 Å². The lowest BCUT2D eigenvalue weighted by molar-refractivity contribution is 0.0492. The monoisotopic (exact) mass is 413 g/mol. The summed E-state index contributed by atoms with van der Waals surface area (Å²) in [6.45, 7) is 12.0. The van der Waals surface area contributed by atoms with Crippen LogP contribution < -0.4 is 16.0 Å². The Labute approximate surface area is 179 Å². The number of alkyl carbamates (subject to hydrolysis) is 1. The molecule has 0 bridgehead atoms. The summed E-state index contributed by atoms with van der Waals surface area (Å²) in [5.41, 5.74) is 0.344. The van der Waals surface area contributed by atoms with Crippen molar-refractivity contribution in [2.24, 2.45) is 0 Å². The van der Waals surface area contributed by atoms with Crippen molar-refractivity contribution in [3.8, 4) is 0 Å². The fraction of sp³-hybridized carbons (Fsp3) is 0.609. The molecular weight excluding hydrogens is 378 g/mol. The van der Waals surface area contributed by atoms with Crippen LogP contribution in [0.1, 0.15) is 67.2 Å². The van der Waals surface area contributed by atoms with Gasteiger partial charge in [0.1, 0.15) is 11.4 Å². The summed E-state index contributed by atoms with van der Waals surface area (Å²) in [7, 11) is 0. The van der Waals surface area contributed by atoms with Crippen molar-refractivity contribution in [3.05, 3.63) is 24.3 Å². The van der Waals surface area contributed by atoms with E-state index < -0.39 is 5.60 Å². The van der Waals surface area contributed by atoms with Gasteiger partial charge in [-0.1, -0.05) is 12.1 Å². The van der Waals surface area contributed by atoms with Crippen LogP contribution in [-0.4, -0.2) is 39.3 Å². The molecule has 0 radical (unpaired) electrons. The number of hydrogen-bond acceptors (Lipinski definition) is 6. The first-order chi connectivity index (χ1) is 14.0. The van der Waals surface area contributed by atoms with E-state index in [1.165, 1.54) is 0 Å². The fourth-order valence-electron chi connectivity index (χ4n) is 3.63. The third-order valence-electron chi connectivity index (χ3n) is 4.88. The van der Waals surface area contributed by atoms with Crippen LogP contribution in [0.4, 0.5) is 16.6 Å². The Bertz CT molecular complexity index is 877. The van der Waals surface area contributed by atoms with Gasteiger partial charge in [0.2, 0.25) is 5.95 Å². The van der Waals surface area contributed by atoms with Gasteiger partial charge >= 0.3 is 6.09 Å². The smallest absolute Gasteiger partial charge is 0.407 e. The molecule has 0 saturated heterocycles. The number of nitrogens with zero attached hydrogens (tertiary/aromatic N) is 2. The summed E-state index contributed by atoms with van der Waals surface area (Å²) >= 11 is 0. The number of carbonyl (C=O) groups is 1. The van der Waals surface area contributed by atoms with Crippen LogP contribution in [0.3, 0.4) is 0 Å². The SMILES string of the molecule is CC(C)(C)Nc1nc(NC2CCC(NC(=O)OC(C)(C)C)CC2)nc2ccccc12. The van der Waals surface area contributed by atoms with Crippen LogP contribution in [0.15, 0.2) is 24.3 Å². The van der Waals surface area contributed by atoms with Gasteiger partial charge in [0, 0.05) is 23.0 Å². The lowest BCUT2D eigenvalue weighted by atomic mass is 9.91. The van der Waals surface area contributed by atoms with Crippen molar-refractivity contribution in [1.29, 1.82) is 0 Å². The van der Waals surface area contributed by atoms with Crippen molar-refractivity contribution >= 4 is 28.8 Å². The number of nitrogens with one attached hydrogen (secondary N) is 3. The van der Waals surface area contributed by atoms with Crippen molar-refractivity contribution in [2.45, 2.75) is 90.4 Å². The van der Waals surface area contributed by atoms with Gasteiger partial charge in [-0.05, 0) is 79.4 Å². The first-order valence-electron chi connectivity index (χ1n) is 10.8. The van der Waals surface area contributed by atoms with Gasteiger partial charge in [0.15, 0.2) is 0 Å². The second-order valence-corrected chi connectivity index (χ2v) is 10.1. The third kappa shape index (κ3) is 6.47. The fourth-order valence-corrected chi connectivity index (χ4v) is 3.63. The number of rotatable bonds is 4. The van der Waals surface area contributed by atoms with Crippen LogP contribution in [0, 0.1) is 0 Å². The number of anilines is 2. The molecule has 1 aliphatic carbocycles. The van der Waals surface area contributed by atoms with E-state index in [1.807, 2.05) is 45.0 Å². The van der Waals surface area contributed by atoms with Gasteiger partial charge in [0.25, 0.3) is 0 Å². The highest BCUT2D eigenvalue weighted by Gasteiger charge is 2.25. The summed E-state index contributed by atoms with van der Waals surface area (Å²) in [6.07, 6.45) is 3.35. The van der Waals surface area contributed by atoms with E-state index in [-0.39, 0.29) is 23.7 Å². The predicted molar refractivity (Wildman–Crippen MR) is 122 cm³/mol. The molecule has 164 valence electrons. The molecule has 0 unspecified atom stereocenters. The second kappa shape index (κ2) is 8.66. The molecule has 1 saturated carbocycles. The number of carbonyl (C=O) groups excluding carboxylic acids is 1. The van der Waals surface area contributed by atoms with Crippen LogP contribution in [0.2, 0.25) is 0 Å². The highest BCUT2D eigenvalue weighted by Crippen LogP contribution is 2.27. The standard InChI is InChI=1S/C23H35N5O2/c1-22(2,3)28-19-17-9-7-8-10-18(17)26-20(27-19)24-15-11-13-16(14-12-15)25-21(29)30-23(4,5)6/h7-10,15-16H,11-14H2,1-6H3,(H,25,29)(H2,24,26,27,28). The Balaban J connectivity index is 1.63. The lowest BCUT2D eigenvalue weighted by Gasteiger charge is -2.30. The quantitative estimate of drug-likeness (QED) is 0.647. The molecule has 1 amide bonds. The van der Waals surface area contributed by atoms with Crippen molar-refractivity contribution in [2.75, 3.05) is 10.6 Å². The number of amides is 1. The van der Waals surface area contributed by atoms with Gasteiger partial charge in [-0.2, -0.15) is 4.98 Å². The van der Waals surface area contributed by atoms with Crippen LogP contribution in [-0.2, 0) is 4.74 Å². The van der Waals surface area contributed by atoms with E-state index in [0.29, 0.717) is 5.95 Å². The zero-order valence-corrected chi connectivity index (χ0v) is 19.0. The van der Waals surface area contributed by atoms with Gasteiger partial charge in [0.05, 0.1) is 5.52 Å². The normalized spacial score (nSPS) is 19.9. The molecule has 1 aromatic carbocycles. The Hall–Kier alpha value is -2.57. The number of benzene rings is 1. The molecule has 0 aliphatic heterocycles. The highest BCUT2D eigenvalue weighted by atomic mass is 16.6. The molecule has 7 heteroatoms. The molecule has 1 heterocycles. The molecule has 3 rings (SSSR count). The number of hydrogen-bond donors (Lipinski definition) is 3. The molecule has 2 aromatic rings. The number of aromatic nitrogens is 2. The van der Waals surface area contributed by atoms with Gasteiger partial charge in [-0.15, -0.1) is 0 Å². The summed E-state index contributed by atoms with van der Waals surface area (Å²) < 4.78 is 5.36. The number of ether oxygens (including phenoxy) is 1. The van der Waals surface area contributed by atoms with E-state index in [2.05, 4.69) is 36.7 Å². The molecule has 1 aromatic heterocycles. The Morgan fingerprint density at radius 3 is 2.23 bits per heavy atom. The first kappa shape index (κ1) is 22.1. The van der Waals surface area contributed by atoms with Crippen LogP contribution in [0.25, 0.3) is 10.9 Å². The minimum absolute atomic E-state index is 0.0974. The molecule has 0 spiro atoms. The zero-order valence-electron chi connectivity index (χ0n) is 19.0. The maximum atomic E-state index is 12.0. The molecule has 0 atom stereocenters. The summed E-state index contributed by atoms with van der Waals surface area (Å²) in [4.78, 5) is 21.5. The Kier molecular flexibility index (Phi) is 6.38. The number of fused-ring (bicyclic) bond motifs is 1. The van der Waals surface area contributed by atoms with E-state index in [9.17, 15) is 4.79 Å². The van der Waals surface area contributed by atoms with Crippen LogP contribution >= 0.6 is 0 Å². The summed E-state index contributed by atoms with van der Waals surface area (Å²) in [6, 6.07) is 8.48. The molecular formula is C23H35N5O2. The maximum Gasteiger partial charge on any atom is 0.407 e. The lowest BCUT2D eigenvalue weighted by Crippen LogP contribution is -2.42. The summed E-state index contributed by atoms with van der Waals surface area (Å²) in [5.74, 6) is 1.49. The predicted octanol–water partition coefficient (Wildman–Crippen LogP) is 5.09. The van der Waals surface area contributed by atoms with Crippen molar-refractivity contribution in [3.63, 3.8) is 0 Å². The Morgan fingerprint density at radius 1 is 0.967 bits per heavy atom. The molecule has 1 aliphatic rings. The van der Waals surface area contributed by atoms with Crippen LogP contribution in [0.5, 0.6) is 0 Å². The average molecular weight is 414 g/mol. The summed E-state index contributed by atoms with van der Waals surface area (Å²) in [5, 5.41) is 11.0. The van der Waals surface area contributed by atoms with E-state index in [1.54, 1.807) is 0 Å². The maximum absolute atomic E-state index is 12.0. The van der Waals surface area contributed by atoms with E-state index >= 15 is 0 Å². The minimum atomic E-state index is -0.477. The molecule has 30 heavy (non-hydrogen) atoms. The van der Waals surface area contributed by atoms with Crippen molar-refractivity contribution < 1.29 is 9.53 Å². The van der Waals surface area contributed by atoms with Gasteiger partial charge < -0.3 is 20.7 Å². The average Bonchev–Trinajstić information content (AvgIpc) is 2.60. The van der Waals surface area contributed by atoms with E-state index in [4.69, 9.17) is 14.7 Å². The second-order valence-electron chi connectivity index (χ2n) is 10.1. The highest BCUT2D eigenvalue weighted by molar-refractivity contribution is 5.90. The molecule has 7 nitrogen and oxygen atoms in total. The Morgan fingerprint density at radius 2 is 1.60 bits per heavy atom. The minimum Gasteiger partial charge on any atom is -0.444 e. The zero-order chi connectivity index (χ0) is 21.9.